The molecule has 116 valence electrons. The monoisotopic (exact) mass is 392 g/mol. The van der Waals surface area contributed by atoms with E-state index in [2.05, 4.69) is 46.9 Å². The lowest BCUT2D eigenvalue weighted by Gasteiger charge is -1.98. The minimum atomic E-state index is -0.671. The van der Waals surface area contributed by atoms with Crippen LogP contribution in [-0.2, 0) is 4.79 Å². The summed E-state index contributed by atoms with van der Waals surface area (Å²) < 4.78 is 1.27. The molecule has 0 aliphatic rings. The Morgan fingerprint density at radius 3 is 1.95 bits per heavy atom. The summed E-state index contributed by atoms with van der Waals surface area (Å²) in [5, 5.41) is 8.50. The van der Waals surface area contributed by atoms with Crippen LogP contribution >= 0.6 is 22.6 Å². The van der Waals surface area contributed by atoms with Crippen molar-refractivity contribution < 1.29 is 9.90 Å². The average molecular weight is 392 g/mol. The van der Waals surface area contributed by atoms with Crippen LogP contribution in [0.2, 0.25) is 0 Å². The van der Waals surface area contributed by atoms with Gasteiger partial charge in [0.05, 0.1) is 0 Å². The molecule has 0 fully saturated rings. The fourth-order valence-electron chi connectivity index (χ4n) is 1.93. The molecule has 0 saturated carbocycles. The molecule has 0 rings (SSSR count). The molecule has 0 spiro atoms. The molecule has 0 amide bonds. The molecule has 0 aliphatic heterocycles. The van der Waals surface area contributed by atoms with Crippen LogP contribution in [0.1, 0.15) is 70.6 Å². The minimum absolute atomic E-state index is 0.323. The fourth-order valence-corrected chi connectivity index (χ4v) is 2.47. The van der Waals surface area contributed by atoms with Crippen molar-refractivity contribution in [3.8, 4) is 0 Å². The Hall–Kier alpha value is -0.320. The van der Waals surface area contributed by atoms with Crippen LogP contribution in [0, 0.1) is 0 Å². The van der Waals surface area contributed by atoms with E-state index in [4.69, 9.17) is 5.11 Å². The highest BCUT2D eigenvalue weighted by Gasteiger charge is 1.95. The second kappa shape index (κ2) is 16.7. The zero-order valence-electron chi connectivity index (χ0n) is 12.5. The summed E-state index contributed by atoms with van der Waals surface area (Å²) in [5.41, 5.74) is 0. The van der Waals surface area contributed by atoms with E-state index in [1.807, 2.05) is 0 Å². The first kappa shape index (κ1) is 19.7. The van der Waals surface area contributed by atoms with Gasteiger partial charge >= 0.3 is 5.97 Å². The van der Waals surface area contributed by atoms with Crippen molar-refractivity contribution in [2.75, 3.05) is 4.43 Å². The maximum Gasteiger partial charge on any atom is 0.303 e. The molecule has 0 heterocycles. The van der Waals surface area contributed by atoms with Crippen LogP contribution in [0.3, 0.4) is 0 Å². The van der Waals surface area contributed by atoms with Crippen LogP contribution in [0.5, 0.6) is 0 Å². The highest BCUT2D eigenvalue weighted by Crippen LogP contribution is 2.08. The lowest BCUT2D eigenvalue weighted by atomic mass is 10.1. The predicted molar refractivity (Wildman–Crippen MR) is 95.6 cm³/mol. The van der Waals surface area contributed by atoms with Gasteiger partial charge in [-0.25, -0.2) is 0 Å². The number of halogens is 1. The number of allylic oxidation sites excluding steroid dienone is 4. The average Bonchev–Trinajstić information content (AvgIpc) is 2.43. The van der Waals surface area contributed by atoms with Crippen molar-refractivity contribution in [1.82, 2.24) is 0 Å². The van der Waals surface area contributed by atoms with E-state index in [0.29, 0.717) is 6.42 Å². The quantitative estimate of drug-likeness (QED) is 0.173. The summed E-state index contributed by atoms with van der Waals surface area (Å²) in [7, 11) is 0. The molecule has 0 saturated heterocycles. The Bertz CT molecular complexity index is 272. The Labute approximate surface area is 137 Å². The zero-order chi connectivity index (χ0) is 14.9. The fraction of sp³-hybridized carbons (Fsp3) is 0.706. The SMILES string of the molecule is O=C(O)CCCCCCC/C=C\C/C=C\CCCCI. The summed E-state index contributed by atoms with van der Waals surface area (Å²) in [5.74, 6) is -0.671. The molecular weight excluding hydrogens is 363 g/mol. The van der Waals surface area contributed by atoms with E-state index in [-0.39, 0.29) is 0 Å². The first-order valence-electron chi connectivity index (χ1n) is 7.85. The molecule has 0 radical (unpaired) electrons. The molecule has 0 bridgehead atoms. The molecule has 20 heavy (non-hydrogen) atoms. The molecule has 0 aliphatic carbocycles. The zero-order valence-corrected chi connectivity index (χ0v) is 14.7. The van der Waals surface area contributed by atoms with E-state index in [9.17, 15) is 4.79 Å². The van der Waals surface area contributed by atoms with Crippen molar-refractivity contribution in [1.29, 1.82) is 0 Å². The summed E-state index contributed by atoms with van der Waals surface area (Å²) in [4.78, 5) is 10.3. The summed E-state index contributed by atoms with van der Waals surface area (Å²) in [6.45, 7) is 0. The summed E-state index contributed by atoms with van der Waals surface area (Å²) in [6.07, 6.45) is 20.9. The maximum atomic E-state index is 10.3. The minimum Gasteiger partial charge on any atom is -0.481 e. The number of alkyl halides is 1. The van der Waals surface area contributed by atoms with Gasteiger partial charge in [-0.3, -0.25) is 4.79 Å². The molecule has 0 aromatic carbocycles. The van der Waals surface area contributed by atoms with Crippen molar-refractivity contribution in [3.05, 3.63) is 24.3 Å². The van der Waals surface area contributed by atoms with E-state index >= 15 is 0 Å². The predicted octanol–water partition coefficient (Wildman–Crippen LogP) is 5.91. The van der Waals surface area contributed by atoms with Gasteiger partial charge in [-0.15, -0.1) is 0 Å². The van der Waals surface area contributed by atoms with Gasteiger partial charge in [-0.05, 0) is 49.4 Å². The van der Waals surface area contributed by atoms with Gasteiger partial charge in [0.25, 0.3) is 0 Å². The van der Waals surface area contributed by atoms with Gasteiger partial charge in [0.15, 0.2) is 0 Å². The van der Waals surface area contributed by atoms with E-state index in [1.54, 1.807) is 0 Å². The number of hydrogen-bond donors (Lipinski definition) is 1. The lowest BCUT2D eigenvalue weighted by Crippen LogP contribution is -1.93. The number of unbranched alkanes of at least 4 members (excludes halogenated alkanes) is 7. The van der Waals surface area contributed by atoms with Gasteiger partial charge in [0.1, 0.15) is 0 Å². The van der Waals surface area contributed by atoms with Gasteiger partial charge in [0, 0.05) is 6.42 Å². The van der Waals surface area contributed by atoms with Crippen LogP contribution < -0.4 is 0 Å². The van der Waals surface area contributed by atoms with Crippen LogP contribution in [0.25, 0.3) is 0 Å². The van der Waals surface area contributed by atoms with E-state index < -0.39 is 5.97 Å². The first-order valence-corrected chi connectivity index (χ1v) is 9.37. The molecular formula is C17H29IO2. The molecule has 3 heteroatoms. The highest BCUT2D eigenvalue weighted by molar-refractivity contribution is 14.1. The Kier molecular flexibility index (Phi) is 16.5. The Morgan fingerprint density at radius 2 is 1.35 bits per heavy atom. The van der Waals surface area contributed by atoms with Gasteiger partial charge in [-0.2, -0.15) is 0 Å². The molecule has 0 unspecified atom stereocenters. The first-order chi connectivity index (χ1) is 9.77. The molecule has 0 aromatic heterocycles. The number of carboxylic acid groups (broad SMARTS) is 1. The maximum absolute atomic E-state index is 10.3. The third kappa shape index (κ3) is 17.7. The van der Waals surface area contributed by atoms with Gasteiger partial charge in [0.2, 0.25) is 0 Å². The van der Waals surface area contributed by atoms with E-state index in [1.165, 1.54) is 36.5 Å². The molecule has 1 N–H and O–H groups in total. The number of rotatable bonds is 14. The van der Waals surface area contributed by atoms with E-state index in [0.717, 1.165) is 32.1 Å². The smallest absolute Gasteiger partial charge is 0.303 e. The Balaban J connectivity index is 3.17. The third-order valence-corrected chi connectivity index (χ3v) is 3.88. The van der Waals surface area contributed by atoms with Crippen molar-refractivity contribution in [2.24, 2.45) is 0 Å². The highest BCUT2D eigenvalue weighted by atomic mass is 127. The number of carboxylic acids is 1. The standard InChI is InChI=1S/C17H29IO2/c18-16-14-12-10-8-6-4-2-1-3-5-7-9-11-13-15-17(19)20/h1-2,6,8H,3-5,7,9-16H2,(H,19,20)/b2-1-,8-6-. The number of aliphatic carboxylic acids is 1. The lowest BCUT2D eigenvalue weighted by molar-refractivity contribution is -0.137. The van der Waals surface area contributed by atoms with Crippen molar-refractivity contribution >= 4 is 28.6 Å². The summed E-state index contributed by atoms with van der Waals surface area (Å²) >= 11 is 2.43. The molecule has 2 nitrogen and oxygen atoms in total. The number of carbonyl (C=O) groups is 1. The number of hydrogen-bond acceptors (Lipinski definition) is 1. The molecule has 0 aromatic rings. The second-order valence-corrected chi connectivity index (χ2v) is 6.14. The normalized spacial score (nSPS) is 11.7. The van der Waals surface area contributed by atoms with Crippen LogP contribution in [0.4, 0.5) is 0 Å². The van der Waals surface area contributed by atoms with Gasteiger partial charge < -0.3 is 5.11 Å². The topological polar surface area (TPSA) is 37.3 Å². The summed E-state index contributed by atoms with van der Waals surface area (Å²) in [6, 6.07) is 0. The molecule has 0 atom stereocenters. The van der Waals surface area contributed by atoms with Gasteiger partial charge in [-0.1, -0.05) is 66.2 Å². The largest absolute Gasteiger partial charge is 0.481 e. The van der Waals surface area contributed by atoms with Crippen molar-refractivity contribution in [2.45, 2.75) is 70.6 Å². The third-order valence-electron chi connectivity index (χ3n) is 3.12. The Morgan fingerprint density at radius 1 is 0.800 bits per heavy atom. The van der Waals surface area contributed by atoms with Crippen LogP contribution in [0.15, 0.2) is 24.3 Å². The van der Waals surface area contributed by atoms with Crippen molar-refractivity contribution in [3.63, 3.8) is 0 Å². The van der Waals surface area contributed by atoms with Crippen LogP contribution in [-0.4, -0.2) is 15.5 Å². The second-order valence-electron chi connectivity index (χ2n) is 5.06.